The van der Waals surface area contributed by atoms with Crippen molar-refractivity contribution in [2.24, 2.45) is 11.8 Å². The van der Waals surface area contributed by atoms with E-state index in [-0.39, 0.29) is 18.0 Å². The van der Waals surface area contributed by atoms with Gasteiger partial charge in [0.25, 0.3) is 5.56 Å². The Morgan fingerprint density at radius 2 is 1.97 bits per heavy atom. The van der Waals surface area contributed by atoms with E-state index in [1.54, 1.807) is 36.6 Å². The lowest BCUT2D eigenvalue weighted by Gasteiger charge is -2.36. The average Bonchev–Trinajstić information content (AvgIpc) is 3.32. The lowest BCUT2D eigenvalue weighted by molar-refractivity contribution is -0.132. The first-order valence-corrected chi connectivity index (χ1v) is 12.3. The van der Waals surface area contributed by atoms with Crippen LogP contribution in [0.5, 0.6) is 0 Å². The van der Waals surface area contributed by atoms with Gasteiger partial charge >= 0.3 is 5.97 Å². The van der Waals surface area contributed by atoms with Crippen molar-refractivity contribution in [1.82, 2.24) is 14.5 Å². The first-order chi connectivity index (χ1) is 16.3. The molecule has 3 heterocycles. The van der Waals surface area contributed by atoms with Crippen LogP contribution >= 0.6 is 11.8 Å². The quantitative estimate of drug-likeness (QED) is 0.299. The molecule has 1 aliphatic heterocycles. The van der Waals surface area contributed by atoms with Gasteiger partial charge in [0.2, 0.25) is 5.91 Å². The van der Waals surface area contributed by atoms with E-state index in [0.29, 0.717) is 39.2 Å². The van der Waals surface area contributed by atoms with E-state index in [2.05, 4.69) is 13.8 Å². The monoisotopic (exact) mass is 483 g/mol. The zero-order valence-electron chi connectivity index (χ0n) is 19.8. The van der Waals surface area contributed by atoms with Gasteiger partial charge < -0.3 is 14.1 Å². The Kier molecular flexibility index (Phi) is 7.11. The van der Waals surface area contributed by atoms with Crippen molar-refractivity contribution in [2.75, 3.05) is 20.2 Å². The highest BCUT2D eigenvalue weighted by atomic mass is 32.2. The maximum atomic E-state index is 13.4. The Morgan fingerprint density at radius 3 is 2.62 bits per heavy atom. The van der Waals surface area contributed by atoms with Gasteiger partial charge in [0, 0.05) is 13.1 Å². The molecule has 1 aliphatic rings. The number of carbonyl (C=O) groups is 2. The molecule has 0 N–H and O–H groups in total. The summed E-state index contributed by atoms with van der Waals surface area (Å²) in [6, 6.07) is 8.22. The van der Waals surface area contributed by atoms with E-state index in [1.807, 2.05) is 11.8 Å². The second-order valence-corrected chi connectivity index (χ2v) is 10.3. The van der Waals surface area contributed by atoms with Crippen molar-refractivity contribution in [1.29, 1.82) is 0 Å². The average molecular weight is 484 g/mol. The summed E-state index contributed by atoms with van der Waals surface area (Å²) >= 11 is 1.25. The van der Waals surface area contributed by atoms with Crippen LogP contribution < -0.4 is 5.56 Å². The van der Waals surface area contributed by atoms with Crippen molar-refractivity contribution in [3.05, 3.63) is 58.3 Å². The van der Waals surface area contributed by atoms with Crippen LogP contribution in [-0.4, -0.2) is 51.8 Å². The number of hydrogen-bond acceptors (Lipinski definition) is 7. The van der Waals surface area contributed by atoms with Crippen LogP contribution in [0.15, 0.2) is 51.0 Å². The lowest BCUT2D eigenvalue weighted by Crippen LogP contribution is -2.45. The Bertz CT molecular complexity index is 1240. The number of rotatable bonds is 6. The third-order valence-corrected chi connectivity index (χ3v) is 7.12. The Labute approximate surface area is 202 Å². The van der Waals surface area contributed by atoms with Gasteiger partial charge in [0.1, 0.15) is 5.76 Å². The molecule has 0 saturated carbocycles. The molecule has 9 heteroatoms. The van der Waals surface area contributed by atoms with Gasteiger partial charge in [-0.15, -0.1) is 0 Å². The highest BCUT2D eigenvalue weighted by molar-refractivity contribution is 8.00. The molecule has 1 saturated heterocycles. The van der Waals surface area contributed by atoms with Gasteiger partial charge in [-0.25, -0.2) is 9.78 Å². The van der Waals surface area contributed by atoms with E-state index in [1.165, 1.54) is 23.4 Å². The van der Waals surface area contributed by atoms with Crippen molar-refractivity contribution in [3.63, 3.8) is 0 Å². The summed E-state index contributed by atoms with van der Waals surface area (Å²) in [5.41, 5.74) is 0.424. The summed E-state index contributed by atoms with van der Waals surface area (Å²) in [6.45, 7) is 7.84. The number of hydrogen-bond donors (Lipinski definition) is 0. The number of methoxy groups -OCH3 is 1. The van der Waals surface area contributed by atoms with Crippen molar-refractivity contribution in [2.45, 2.75) is 44.1 Å². The minimum atomic E-state index is -0.505. The van der Waals surface area contributed by atoms with Gasteiger partial charge in [-0.2, -0.15) is 0 Å². The number of fused-ring (bicyclic) bond motifs is 1. The molecule has 0 radical (unpaired) electrons. The topological polar surface area (TPSA) is 94.6 Å². The normalized spacial score (nSPS) is 19.2. The molecule has 3 atom stereocenters. The fraction of sp³-hybridized carbons (Fsp3) is 0.440. The molecular formula is C25H29N3O5S. The maximum Gasteiger partial charge on any atom is 0.337 e. The van der Waals surface area contributed by atoms with Crippen LogP contribution in [0.25, 0.3) is 10.9 Å². The molecular weight excluding hydrogens is 454 g/mol. The molecule has 1 fully saturated rings. The summed E-state index contributed by atoms with van der Waals surface area (Å²) in [7, 11) is 1.30. The molecule has 34 heavy (non-hydrogen) atoms. The first-order valence-electron chi connectivity index (χ1n) is 11.4. The zero-order valence-corrected chi connectivity index (χ0v) is 20.6. The van der Waals surface area contributed by atoms with E-state index in [4.69, 9.17) is 14.1 Å². The standard InChI is InChI=1S/C25H29N3O5S/c1-15-10-16(2)13-27(12-15)22(29)17(3)34-25-26-21-11-18(24(31)32-4)7-8-20(21)23(30)28(25)14-19-6-5-9-33-19/h5-9,11,15-17H,10,12-14H2,1-4H3/t15-,16-,17+/m0/s1. The summed E-state index contributed by atoms with van der Waals surface area (Å²) in [4.78, 5) is 45.3. The number of amides is 1. The summed E-state index contributed by atoms with van der Waals surface area (Å²) in [5, 5.41) is 0.338. The highest BCUT2D eigenvalue weighted by Gasteiger charge is 2.30. The minimum Gasteiger partial charge on any atom is -0.467 e. The van der Waals surface area contributed by atoms with Gasteiger partial charge in [-0.1, -0.05) is 25.6 Å². The molecule has 180 valence electrons. The number of furan rings is 1. The number of aromatic nitrogens is 2. The van der Waals surface area contributed by atoms with Crippen LogP contribution in [0.4, 0.5) is 0 Å². The predicted molar refractivity (Wildman–Crippen MR) is 130 cm³/mol. The molecule has 3 aromatic rings. The lowest BCUT2D eigenvalue weighted by atomic mass is 9.92. The molecule has 1 aromatic carbocycles. The van der Waals surface area contributed by atoms with Gasteiger partial charge in [0.05, 0.1) is 41.6 Å². The third-order valence-electron chi connectivity index (χ3n) is 6.05. The molecule has 0 unspecified atom stereocenters. The first kappa shape index (κ1) is 24.1. The summed E-state index contributed by atoms with van der Waals surface area (Å²) in [5.74, 6) is 1.05. The SMILES string of the molecule is COC(=O)c1ccc2c(=O)n(Cc3ccco3)c(S[C@H](C)C(=O)N3C[C@@H](C)C[C@H](C)C3)nc2c1. The number of esters is 1. The highest BCUT2D eigenvalue weighted by Crippen LogP contribution is 2.28. The van der Waals surface area contributed by atoms with Crippen LogP contribution in [0.3, 0.4) is 0 Å². The van der Waals surface area contributed by atoms with Crippen molar-refractivity contribution < 1.29 is 18.7 Å². The smallest absolute Gasteiger partial charge is 0.337 e. The number of carbonyl (C=O) groups excluding carboxylic acids is 2. The largest absolute Gasteiger partial charge is 0.467 e. The predicted octanol–water partition coefficient (Wildman–Crippen LogP) is 3.81. The van der Waals surface area contributed by atoms with E-state index < -0.39 is 11.2 Å². The van der Waals surface area contributed by atoms with Crippen LogP contribution in [-0.2, 0) is 16.1 Å². The molecule has 8 nitrogen and oxygen atoms in total. The summed E-state index contributed by atoms with van der Waals surface area (Å²) < 4.78 is 11.8. The minimum absolute atomic E-state index is 0.0330. The number of benzene rings is 1. The second-order valence-electron chi connectivity index (χ2n) is 9.04. The molecule has 4 rings (SSSR count). The molecule has 1 amide bonds. The maximum absolute atomic E-state index is 13.4. The van der Waals surface area contributed by atoms with Gasteiger partial charge in [0.15, 0.2) is 5.16 Å². The zero-order chi connectivity index (χ0) is 24.4. The van der Waals surface area contributed by atoms with Gasteiger partial charge in [-0.05, 0) is 55.5 Å². The number of likely N-dealkylation sites (tertiary alicyclic amines) is 1. The summed E-state index contributed by atoms with van der Waals surface area (Å²) in [6.07, 6.45) is 2.66. The molecule has 0 aliphatic carbocycles. The third kappa shape index (κ3) is 5.04. The van der Waals surface area contributed by atoms with Crippen molar-refractivity contribution in [3.8, 4) is 0 Å². The number of nitrogens with zero attached hydrogens (tertiary/aromatic N) is 3. The fourth-order valence-electron chi connectivity index (χ4n) is 4.54. The number of ether oxygens (including phenoxy) is 1. The molecule has 0 spiro atoms. The number of thioether (sulfide) groups is 1. The second kappa shape index (κ2) is 10.0. The van der Waals surface area contributed by atoms with Crippen LogP contribution in [0.1, 0.15) is 43.3 Å². The van der Waals surface area contributed by atoms with Crippen LogP contribution in [0.2, 0.25) is 0 Å². The van der Waals surface area contributed by atoms with E-state index in [9.17, 15) is 14.4 Å². The van der Waals surface area contributed by atoms with E-state index in [0.717, 1.165) is 19.5 Å². The number of piperidine rings is 1. The Hall–Kier alpha value is -3.07. The van der Waals surface area contributed by atoms with Gasteiger partial charge in [-0.3, -0.25) is 14.2 Å². The van der Waals surface area contributed by atoms with E-state index >= 15 is 0 Å². The van der Waals surface area contributed by atoms with Crippen molar-refractivity contribution >= 4 is 34.5 Å². The Morgan fingerprint density at radius 1 is 1.24 bits per heavy atom. The Balaban J connectivity index is 1.71. The fourth-order valence-corrected chi connectivity index (χ4v) is 5.53. The van der Waals surface area contributed by atoms with Crippen LogP contribution in [0, 0.1) is 11.8 Å². The molecule has 0 bridgehead atoms. The molecule has 2 aromatic heterocycles.